The molecule has 1 unspecified atom stereocenters. The monoisotopic (exact) mass is 359 g/mol. The highest BCUT2D eigenvalue weighted by atomic mass is 35.5. The lowest BCUT2D eigenvalue weighted by molar-refractivity contribution is -0.122. The molecule has 0 fully saturated rings. The van der Waals surface area contributed by atoms with E-state index in [-0.39, 0.29) is 30.7 Å². The first-order valence-corrected chi connectivity index (χ1v) is 7.05. The van der Waals surface area contributed by atoms with Crippen molar-refractivity contribution < 1.29 is 4.79 Å². The van der Waals surface area contributed by atoms with Gasteiger partial charge in [-0.15, -0.1) is 35.0 Å². The van der Waals surface area contributed by atoms with Crippen molar-refractivity contribution in [3.8, 4) is 0 Å². The van der Waals surface area contributed by atoms with Gasteiger partial charge < -0.3 is 15.6 Å². The summed E-state index contributed by atoms with van der Waals surface area (Å²) >= 11 is 0. The zero-order chi connectivity index (χ0) is 15.2. The fourth-order valence-electron chi connectivity index (χ4n) is 2.10. The van der Waals surface area contributed by atoms with E-state index in [1.165, 1.54) is 0 Å². The van der Waals surface area contributed by atoms with Gasteiger partial charge in [0.25, 0.3) is 0 Å². The normalized spacial score (nSPS) is 11.3. The van der Waals surface area contributed by atoms with Gasteiger partial charge in [0, 0.05) is 19.0 Å². The Morgan fingerprint density at radius 2 is 1.91 bits per heavy atom. The molecule has 0 radical (unpaired) electrons. The Kier molecular flexibility index (Phi) is 9.48. The molecule has 128 valence electrons. The first-order valence-electron chi connectivity index (χ1n) is 7.05. The van der Waals surface area contributed by atoms with Gasteiger partial charge in [0.15, 0.2) is 0 Å². The molecule has 0 saturated carbocycles. The minimum atomic E-state index is -0.642. The Labute approximate surface area is 148 Å². The second-order valence-electron chi connectivity index (χ2n) is 5.22. The van der Waals surface area contributed by atoms with Crippen LogP contribution in [0.3, 0.4) is 0 Å². The van der Waals surface area contributed by atoms with Crippen LogP contribution < -0.4 is 11.1 Å². The third-order valence-corrected chi connectivity index (χ3v) is 3.25. The van der Waals surface area contributed by atoms with Crippen LogP contribution in [0.5, 0.6) is 0 Å². The lowest BCUT2D eigenvalue weighted by atomic mass is 10.1. The fourth-order valence-corrected chi connectivity index (χ4v) is 2.10. The number of amides is 1. The molecule has 8 heteroatoms. The Bertz CT molecular complexity index is 589. The molecule has 0 aliphatic heterocycles. The smallest absolute Gasteiger partial charge is 0.241 e. The largest absolute Gasteiger partial charge is 0.353 e. The predicted molar refractivity (Wildman–Crippen MR) is 95.0 cm³/mol. The topological polar surface area (TPSA) is 85.8 Å². The van der Waals surface area contributed by atoms with Gasteiger partial charge >= 0.3 is 0 Å². The SMILES string of the molecule is CC(C)c1nncn1CCNC(=O)C(N)c1ccccc1.Cl.Cl. The number of aromatic nitrogens is 3. The third-order valence-electron chi connectivity index (χ3n) is 3.25. The highest BCUT2D eigenvalue weighted by Crippen LogP contribution is 2.10. The van der Waals surface area contributed by atoms with Crippen molar-refractivity contribution in [1.82, 2.24) is 20.1 Å². The van der Waals surface area contributed by atoms with Gasteiger partial charge in [-0.3, -0.25) is 4.79 Å². The number of rotatable bonds is 6. The van der Waals surface area contributed by atoms with Gasteiger partial charge in [0.1, 0.15) is 18.2 Å². The molecule has 6 nitrogen and oxygen atoms in total. The zero-order valence-electron chi connectivity index (χ0n) is 13.2. The molecule has 0 saturated heterocycles. The van der Waals surface area contributed by atoms with Crippen molar-refractivity contribution in [1.29, 1.82) is 0 Å². The summed E-state index contributed by atoms with van der Waals surface area (Å²) in [5, 5.41) is 10.8. The predicted octanol–water partition coefficient (Wildman–Crippen LogP) is 2.06. The van der Waals surface area contributed by atoms with E-state index >= 15 is 0 Å². The summed E-state index contributed by atoms with van der Waals surface area (Å²) in [6.07, 6.45) is 1.68. The number of hydrogen-bond acceptors (Lipinski definition) is 4. The molecule has 1 aromatic heterocycles. The van der Waals surface area contributed by atoms with Crippen LogP contribution in [-0.4, -0.2) is 27.2 Å². The van der Waals surface area contributed by atoms with Crippen LogP contribution in [-0.2, 0) is 11.3 Å². The van der Waals surface area contributed by atoms with E-state index in [0.29, 0.717) is 19.0 Å². The van der Waals surface area contributed by atoms with Gasteiger partial charge in [-0.25, -0.2) is 0 Å². The summed E-state index contributed by atoms with van der Waals surface area (Å²) < 4.78 is 1.94. The molecule has 2 aromatic rings. The molecule has 0 aliphatic rings. The highest BCUT2D eigenvalue weighted by Gasteiger charge is 2.15. The van der Waals surface area contributed by atoms with Crippen LogP contribution in [0.25, 0.3) is 0 Å². The minimum absolute atomic E-state index is 0. The number of carbonyl (C=O) groups excluding carboxylic acids is 1. The summed E-state index contributed by atoms with van der Waals surface area (Å²) in [4.78, 5) is 12.0. The number of halogens is 2. The maximum Gasteiger partial charge on any atom is 0.241 e. The first-order chi connectivity index (χ1) is 10.1. The fraction of sp³-hybridized carbons (Fsp3) is 0.400. The molecule has 1 heterocycles. The second-order valence-corrected chi connectivity index (χ2v) is 5.22. The van der Waals surface area contributed by atoms with Gasteiger partial charge in [-0.05, 0) is 5.56 Å². The summed E-state index contributed by atoms with van der Waals surface area (Å²) in [6, 6.07) is 8.69. The van der Waals surface area contributed by atoms with E-state index in [2.05, 4.69) is 29.4 Å². The zero-order valence-corrected chi connectivity index (χ0v) is 14.8. The number of nitrogens with two attached hydrogens (primary N) is 1. The molecule has 1 aromatic carbocycles. The number of nitrogens with zero attached hydrogens (tertiary/aromatic N) is 3. The van der Waals surface area contributed by atoms with Gasteiger partial charge in [-0.2, -0.15) is 0 Å². The van der Waals surface area contributed by atoms with Gasteiger partial charge in [0.2, 0.25) is 5.91 Å². The van der Waals surface area contributed by atoms with E-state index in [4.69, 9.17) is 5.73 Å². The third kappa shape index (κ3) is 5.82. The molecular formula is C15H23Cl2N5O. The lowest BCUT2D eigenvalue weighted by Crippen LogP contribution is -2.36. The number of benzene rings is 1. The molecule has 3 N–H and O–H groups in total. The second kappa shape index (κ2) is 10.2. The first kappa shape index (κ1) is 21.4. The molecule has 1 amide bonds. The summed E-state index contributed by atoms with van der Waals surface area (Å²) in [5.41, 5.74) is 6.74. The van der Waals surface area contributed by atoms with Crippen molar-refractivity contribution in [2.75, 3.05) is 6.54 Å². The van der Waals surface area contributed by atoms with Gasteiger partial charge in [0.05, 0.1) is 0 Å². The van der Waals surface area contributed by atoms with Crippen LogP contribution in [0.2, 0.25) is 0 Å². The maximum absolute atomic E-state index is 12.0. The van der Waals surface area contributed by atoms with E-state index in [9.17, 15) is 4.79 Å². The van der Waals surface area contributed by atoms with Crippen molar-refractivity contribution >= 4 is 30.7 Å². The van der Waals surface area contributed by atoms with E-state index in [1.807, 2.05) is 34.9 Å². The number of hydrogen-bond donors (Lipinski definition) is 2. The maximum atomic E-state index is 12.0. The molecular weight excluding hydrogens is 337 g/mol. The van der Waals surface area contributed by atoms with E-state index < -0.39 is 6.04 Å². The lowest BCUT2D eigenvalue weighted by Gasteiger charge is -2.13. The average molecular weight is 360 g/mol. The van der Waals surface area contributed by atoms with E-state index in [1.54, 1.807) is 6.33 Å². The van der Waals surface area contributed by atoms with Crippen LogP contribution in [0.1, 0.15) is 37.2 Å². The molecule has 23 heavy (non-hydrogen) atoms. The van der Waals surface area contributed by atoms with Crippen LogP contribution in [0, 0.1) is 0 Å². The Balaban J connectivity index is 0.00000242. The molecule has 0 bridgehead atoms. The van der Waals surface area contributed by atoms with Crippen LogP contribution >= 0.6 is 24.8 Å². The quantitative estimate of drug-likeness (QED) is 0.826. The summed E-state index contributed by atoms with van der Waals surface area (Å²) in [7, 11) is 0. The summed E-state index contributed by atoms with van der Waals surface area (Å²) in [5.74, 6) is 1.03. The average Bonchev–Trinajstić information content (AvgIpc) is 2.96. The van der Waals surface area contributed by atoms with E-state index in [0.717, 1.165) is 11.4 Å². The minimum Gasteiger partial charge on any atom is -0.353 e. The Morgan fingerprint density at radius 3 is 2.52 bits per heavy atom. The van der Waals surface area contributed by atoms with Crippen molar-refractivity contribution in [3.05, 3.63) is 48.0 Å². The van der Waals surface area contributed by atoms with Crippen LogP contribution in [0.15, 0.2) is 36.7 Å². The Morgan fingerprint density at radius 1 is 1.26 bits per heavy atom. The standard InChI is InChI=1S/C15H21N5O.2ClH/c1-11(2)14-19-18-10-20(14)9-8-17-15(21)13(16)12-6-4-3-5-7-12;;/h3-7,10-11,13H,8-9,16H2,1-2H3,(H,17,21);2*1H. The Hall–Kier alpha value is -1.63. The van der Waals surface area contributed by atoms with Gasteiger partial charge in [-0.1, -0.05) is 44.2 Å². The molecule has 0 spiro atoms. The van der Waals surface area contributed by atoms with Crippen molar-refractivity contribution in [2.24, 2.45) is 5.73 Å². The summed E-state index contributed by atoms with van der Waals surface area (Å²) in [6.45, 7) is 5.25. The molecule has 0 aliphatic carbocycles. The highest BCUT2D eigenvalue weighted by molar-refractivity contribution is 5.85. The van der Waals surface area contributed by atoms with Crippen molar-refractivity contribution in [3.63, 3.8) is 0 Å². The van der Waals surface area contributed by atoms with Crippen molar-refractivity contribution in [2.45, 2.75) is 32.4 Å². The molecule has 2 rings (SSSR count). The molecule has 1 atom stereocenters. The van der Waals surface area contributed by atoms with Crippen LogP contribution in [0.4, 0.5) is 0 Å². The number of nitrogens with one attached hydrogen (secondary N) is 1. The number of carbonyl (C=O) groups is 1.